The van der Waals surface area contributed by atoms with Gasteiger partial charge in [0.05, 0.1) is 17.2 Å². The van der Waals surface area contributed by atoms with Crippen LogP contribution in [0.5, 0.6) is 5.88 Å². The van der Waals surface area contributed by atoms with Crippen molar-refractivity contribution in [1.29, 1.82) is 0 Å². The van der Waals surface area contributed by atoms with E-state index in [-0.39, 0.29) is 0 Å². The van der Waals surface area contributed by atoms with E-state index in [0.29, 0.717) is 17.9 Å². The van der Waals surface area contributed by atoms with Gasteiger partial charge in [-0.25, -0.2) is 0 Å². The van der Waals surface area contributed by atoms with Gasteiger partial charge in [-0.3, -0.25) is 4.68 Å². The van der Waals surface area contributed by atoms with Crippen molar-refractivity contribution in [3.05, 3.63) is 10.7 Å². The number of hydrogen-bond acceptors (Lipinski definition) is 3. The third kappa shape index (κ3) is 2.98. The summed E-state index contributed by atoms with van der Waals surface area (Å²) in [5.41, 5.74) is 0. The van der Waals surface area contributed by atoms with Gasteiger partial charge in [-0.15, -0.1) is 5.10 Å². The van der Waals surface area contributed by atoms with E-state index in [1.54, 1.807) is 4.68 Å². The summed E-state index contributed by atoms with van der Waals surface area (Å²) >= 11 is 3.42. The average Bonchev–Trinajstić information content (AvgIpc) is 2.54. The molecular formula is C11H17BrN2O2. The number of ether oxygens (including phenoxy) is 2. The molecule has 1 aromatic rings. The molecule has 0 bridgehead atoms. The number of aromatic nitrogens is 2. The van der Waals surface area contributed by atoms with E-state index in [1.807, 2.05) is 13.2 Å². The first-order valence-electron chi connectivity index (χ1n) is 5.58. The molecule has 0 aromatic carbocycles. The highest BCUT2D eigenvalue weighted by Gasteiger charge is 2.20. The van der Waals surface area contributed by atoms with Crippen molar-refractivity contribution in [3.8, 4) is 5.88 Å². The molecule has 0 amide bonds. The van der Waals surface area contributed by atoms with Crippen LogP contribution in [0, 0.1) is 5.92 Å². The Labute approximate surface area is 104 Å². The molecule has 0 radical (unpaired) electrons. The van der Waals surface area contributed by atoms with Crippen LogP contribution in [-0.4, -0.2) is 29.1 Å². The number of nitrogens with zero attached hydrogens (tertiary/aromatic N) is 2. The van der Waals surface area contributed by atoms with Crippen LogP contribution in [0.25, 0.3) is 0 Å². The average molecular weight is 289 g/mol. The summed E-state index contributed by atoms with van der Waals surface area (Å²) in [5, 5.41) is 4.23. The van der Waals surface area contributed by atoms with Crippen molar-refractivity contribution in [1.82, 2.24) is 9.78 Å². The third-order valence-corrected chi connectivity index (χ3v) is 3.35. The minimum absolute atomic E-state index is 0.356. The minimum atomic E-state index is 0.356. The van der Waals surface area contributed by atoms with Crippen LogP contribution >= 0.6 is 15.9 Å². The summed E-state index contributed by atoms with van der Waals surface area (Å²) in [6.07, 6.45) is 4.40. The molecule has 0 N–H and O–H groups in total. The zero-order valence-corrected chi connectivity index (χ0v) is 11.2. The summed E-state index contributed by atoms with van der Waals surface area (Å²) in [6.45, 7) is 3.69. The van der Waals surface area contributed by atoms with Crippen molar-refractivity contribution in [2.45, 2.75) is 25.9 Å². The lowest BCUT2D eigenvalue weighted by molar-refractivity contribution is -0.00833. The lowest BCUT2D eigenvalue weighted by Crippen LogP contribution is -2.27. The second-order valence-corrected chi connectivity index (χ2v) is 5.19. The van der Waals surface area contributed by atoms with Gasteiger partial charge in [-0.2, -0.15) is 0 Å². The number of rotatable bonds is 3. The molecule has 0 spiro atoms. The quantitative estimate of drug-likeness (QED) is 0.857. The lowest BCUT2D eigenvalue weighted by Gasteiger charge is -2.26. The Morgan fingerprint density at radius 1 is 1.69 bits per heavy atom. The van der Waals surface area contributed by atoms with Crippen molar-refractivity contribution < 1.29 is 9.47 Å². The van der Waals surface area contributed by atoms with Gasteiger partial charge < -0.3 is 9.47 Å². The number of hydrogen-bond donors (Lipinski definition) is 0. The molecule has 0 saturated carbocycles. The van der Waals surface area contributed by atoms with Gasteiger partial charge in [0.15, 0.2) is 0 Å². The zero-order valence-electron chi connectivity index (χ0n) is 9.65. The molecular weight excluding hydrogens is 272 g/mol. The van der Waals surface area contributed by atoms with Crippen molar-refractivity contribution in [2.75, 3.05) is 13.2 Å². The van der Waals surface area contributed by atoms with Crippen molar-refractivity contribution in [2.24, 2.45) is 13.0 Å². The number of halogens is 1. The Bertz CT molecular complexity index is 354. The minimum Gasteiger partial charge on any atom is -0.476 e. The van der Waals surface area contributed by atoms with Crippen LogP contribution in [0.2, 0.25) is 0 Å². The van der Waals surface area contributed by atoms with Crippen LogP contribution in [-0.2, 0) is 11.8 Å². The maximum absolute atomic E-state index is 5.71. The van der Waals surface area contributed by atoms with E-state index in [2.05, 4.69) is 28.0 Å². The molecule has 2 unspecified atom stereocenters. The molecule has 2 rings (SSSR count). The van der Waals surface area contributed by atoms with Crippen LogP contribution in [0.15, 0.2) is 10.7 Å². The van der Waals surface area contributed by atoms with E-state index < -0.39 is 0 Å². The monoisotopic (exact) mass is 288 g/mol. The molecule has 2 atom stereocenters. The van der Waals surface area contributed by atoms with E-state index >= 15 is 0 Å². The predicted molar refractivity (Wildman–Crippen MR) is 64.5 cm³/mol. The standard InChI is InChI=1S/C11H17BrN2O2/c1-8-5-9(3-4-15-8)7-16-11-10(12)6-14(2)13-11/h6,8-9H,3-5,7H2,1-2H3. The Balaban J connectivity index is 1.85. The largest absolute Gasteiger partial charge is 0.476 e. The molecule has 1 aromatic heterocycles. The summed E-state index contributed by atoms with van der Waals surface area (Å²) in [6, 6.07) is 0. The molecule has 1 aliphatic heterocycles. The lowest BCUT2D eigenvalue weighted by atomic mass is 9.97. The first-order chi connectivity index (χ1) is 7.65. The van der Waals surface area contributed by atoms with Gasteiger partial charge in [-0.1, -0.05) is 0 Å². The van der Waals surface area contributed by atoms with Crippen LogP contribution in [0.4, 0.5) is 0 Å². The first kappa shape index (κ1) is 11.9. The molecule has 16 heavy (non-hydrogen) atoms. The fraction of sp³-hybridized carbons (Fsp3) is 0.727. The highest BCUT2D eigenvalue weighted by molar-refractivity contribution is 9.10. The van der Waals surface area contributed by atoms with Crippen LogP contribution in [0.1, 0.15) is 19.8 Å². The van der Waals surface area contributed by atoms with Gasteiger partial charge in [0.2, 0.25) is 5.88 Å². The maximum Gasteiger partial charge on any atom is 0.247 e. The highest BCUT2D eigenvalue weighted by atomic mass is 79.9. The van der Waals surface area contributed by atoms with E-state index in [4.69, 9.17) is 9.47 Å². The predicted octanol–water partition coefficient (Wildman–Crippen LogP) is 2.38. The van der Waals surface area contributed by atoms with E-state index in [1.165, 1.54) is 0 Å². The third-order valence-electron chi connectivity index (χ3n) is 2.80. The second-order valence-electron chi connectivity index (χ2n) is 4.34. The molecule has 0 aliphatic carbocycles. The maximum atomic E-state index is 5.71. The molecule has 2 heterocycles. The van der Waals surface area contributed by atoms with Gasteiger partial charge in [0.25, 0.3) is 0 Å². The highest BCUT2D eigenvalue weighted by Crippen LogP contribution is 2.25. The normalized spacial score (nSPS) is 25.7. The fourth-order valence-electron chi connectivity index (χ4n) is 1.98. The summed E-state index contributed by atoms with van der Waals surface area (Å²) in [7, 11) is 1.88. The van der Waals surface area contributed by atoms with Gasteiger partial charge in [0.1, 0.15) is 0 Å². The van der Waals surface area contributed by atoms with Crippen LogP contribution in [0.3, 0.4) is 0 Å². The summed E-state index contributed by atoms with van der Waals surface area (Å²) in [5.74, 6) is 1.26. The van der Waals surface area contributed by atoms with E-state index in [0.717, 1.165) is 30.5 Å². The molecule has 1 saturated heterocycles. The number of aryl methyl sites for hydroxylation is 1. The Hall–Kier alpha value is -0.550. The van der Waals surface area contributed by atoms with Gasteiger partial charge in [-0.05, 0) is 41.6 Å². The Kier molecular flexibility index (Phi) is 3.86. The Morgan fingerprint density at radius 3 is 3.12 bits per heavy atom. The molecule has 1 aliphatic rings. The smallest absolute Gasteiger partial charge is 0.247 e. The topological polar surface area (TPSA) is 36.3 Å². The first-order valence-corrected chi connectivity index (χ1v) is 6.38. The molecule has 4 nitrogen and oxygen atoms in total. The van der Waals surface area contributed by atoms with Crippen molar-refractivity contribution in [3.63, 3.8) is 0 Å². The van der Waals surface area contributed by atoms with Gasteiger partial charge in [0, 0.05) is 19.9 Å². The Morgan fingerprint density at radius 2 is 2.50 bits per heavy atom. The second kappa shape index (κ2) is 5.19. The summed E-state index contributed by atoms with van der Waals surface area (Å²) < 4.78 is 13.9. The van der Waals surface area contributed by atoms with Crippen LogP contribution < -0.4 is 4.74 Å². The fourth-order valence-corrected chi connectivity index (χ4v) is 2.47. The zero-order chi connectivity index (χ0) is 11.5. The summed E-state index contributed by atoms with van der Waals surface area (Å²) in [4.78, 5) is 0. The molecule has 90 valence electrons. The SMILES string of the molecule is CC1CC(COc2nn(C)cc2Br)CCO1. The van der Waals surface area contributed by atoms with E-state index in [9.17, 15) is 0 Å². The van der Waals surface area contributed by atoms with Crippen molar-refractivity contribution >= 4 is 15.9 Å². The molecule has 5 heteroatoms. The van der Waals surface area contributed by atoms with Gasteiger partial charge >= 0.3 is 0 Å². The molecule has 1 fully saturated rings.